The quantitative estimate of drug-likeness (QED) is 0.822. The van der Waals surface area contributed by atoms with Crippen molar-refractivity contribution in [1.82, 2.24) is 0 Å². The van der Waals surface area contributed by atoms with Crippen LogP contribution in [-0.4, -0.2) is 36.4 Å². The number of furan rings is 1. The normalized spacial score (nSPS) is 9.57. The van der Waals surface area contributed by atoms with Crippen molar-refractivity contribution in [2.75, 3.05) is 14.2 Å². The molecule has 2 aromatic rings. The van der Waals surface area contributed by atoms with Gasteiger partial charge in [-0.3, -0.25) is 0 Å². The molecule has 0 spiro atoms. The standard InChI is InChI=1S/C9H10O3.C7H8O4/c1-12-9(11)8-4-2-7(6-10)3-5-8;1-10-7(9)6-3-2-5(4-8)11-6/h2-5,10H,6H2,1H3;2-3,8H,4H2,1H3. The van der Waals surface area contributed by atoms with Crippen LogP contribution in [0.4, 0.5) is 0 Å². The average molecular weight is 322 g/mol. The lowest BCUT2D eigenvalue weighted by Crippen LogP contribution is -2.00. The molecule has 0 atom stereocenters. The summed E-state index contributed by atoms with van der Waals surface area (Å²) in [5.74, 6) is -0.439. The van der Waals surface area contributed by atoms with Crippen LogP contribution in [-0.2, 0) is 22.7 Å². The van der Waals surface area contributed by atoms with Gasteiger partial charge in [0, 0.05) is 0 Å². The fourth-order valence-corrected chi connectivity index (χ4v) is 1.54. The highest BCUT2D eigenvalue weighted by Gasteiger charge is 2.09. The van der Waals surface area contributed by atoms with Crippen LogP contribution in [0, 0.1) is 0 Å². The molecule has 2 rings (SSSR count). The number of carbonyl (C=O) groups excluding carboxylic acids is 2. The van der Waals surface area contributed by atoms with E-state index in [0.29, 0.717) is 11.3 Å². The molecule has 23 heavy (non-hydrogen) atoms. The van der Waals surface area contributed by atoms with E-state index in [1.807, 2.05) is 0 Å². The molecule has 0 radical (unpaired) electrons. The van der Waals surface area contributed by atoms with Crippen LogP contribution in [0.5, 0.6) is 0 Å². The van der Waals surface area contributed by atoms with Gasteiger partial charge in [-0.05, 0) is 29.8 Å². The molecule has 0 amide bonds. The molecule has 7 nitrogen and oxygen atoms in total. The number of benzene rings is 1. The average Bonchev–Trinajstić information content (AvgIpc) is 3.10. The molecule has 0 aliphatic rings. The Morgan fingerprint density at radius 3 is 1.96 bits per heavy atom. The van der Waals surface area contributed by atoms with Gasteiger partial charge in [-0.15, -0.1) is 0 Å². The zero-order valence-electron chi connectivity index (χ0n) is 12.8. The van der Waals surface area contributed by atoms with Crippen molar-refractivity contribution in [3.63, 3.8) is 0 Å². The zero-order valence-corrected chi connectivity index (χ0v) is 12.8. The molecule has 7 heteroatoms. The summed E-state index contributed by atoms with van der Waals surface area (Å²) in [7, 11) is 2.60. The van der Waals surface area contributed by atoms with Crippen molar-refractivity contribution in [1.29, 1.82) is 0 Å². The van der Waals surface area contributed by atoms with Crippen LogP contribution in [0.2, 0.25) is 0 Å². The number of hydrogen-bond acceptors (Lipinski definition) is 7. The minimum atomic E-state index is -0.537. The summed E-state index contributed by atoms with van der Waals surface area (Å²) in [5.41, 5.74) is 1.28. The Kier molecular flexibility index (Phi) is 7.52. The molecule has 0 bridgehead atoms. The smallest absolute Gasteiger partial charge is 0.373 e. The molecule has 0 aliphatic carbocycles. The first-order valence-corrected chi connectivity index (χ1v) is 6.61. The van der Waals surface area contributed by atoms with E-state index in [4.69, 9.17) is 14.6 Å². The summed E-state index contributed by atoms with van der Waals surface area (Å²) in [5, 5.41) is 17.3. The number of aliphatic hydroxyl groups excluding tert-OH is 2. The predicted molar refractivity (Wildman–Crippen MR) is 79.7 cm³/mol. The van der Waals surface area contributed by atoms with Crippen molar-refractivity contribution in [3.8, 4) is 0 Å². The fourth-order valence-electron chi connectivity index (χ4n) is 1.54. The summed E-state index contributed by atoms with van der Waals surface area (Å²) in [6.45, 7) is -0.224. The Morgan fingerprint density at radius 2 is 1.52 bits per heavy atom. The maximum atomic E-state index is 10.9. The van der Waals surface area contributed by atoms with E-state index >= 15 is 0 Å². The summed E-state index contributed by atoms with van der Waals surface area (Å²) < 4.78 is 13.7. The van der Waals surface area contributed by atoms with Gasteiger partial charge < -0.3 is 24.1 Å². The Labute approximate surface area is 133 Å². The van der Waals surface area contributed by atoms with E-state index in [-0.39, 0.29) is 24.9 Å². The monoisotopic (exact) mass is 322 g/mol. The first kappa shape index (κ1) is 18.4. The van der Waals surface area contributed by atoms with Crippen molar-refractivity contribution in [2.45, 2.75) is 13.2 Å². The van der Waals surface area contributed by atoms with Crippen molar-refractivity contribution < 1.29 is 33.7 Å². The number of rotatable bonds is 4. The lowest BCUT2D eigenvalue weighted by atomic mass is 10.1. The fraction of sp³-hybridized carbons (Fsp3) is 0.250. The summed E-state index contributed by atoms with van der Waals surface area (Å²) in [6, 6.07) is 9.59. The SMILES string of the molecule is COC(=O)c1ccc(CO)cc1.COC(=O)c1ccc(CO)o1. The molecule has 0 fully saturated rings. The van der Waals surface area contributed by atoms with Gasteiger partial charge in [-0.2, -0.15) is 0 Å². The number of ether oxygens (including phenoxy) is 2. The van der Waals surface area contributed by atoms with E-state index in [9.17, 15) is 9.59 Å². The Balaban J connectivity index is 0.000000231. The maximum Gasteiger partial charge on any atom is 0.373 e. The van der Waals surface area contributed by atoms with Crippen LogP contribution in [0.25, 0.3) is 0 Å². The topological polar surface area (TPSA) is 106 Å². The van der Waals surface area contributed by atoms with Crippen molar-refractivity contribution in [3.05, 3.63) is 59.0 Å². The molecule has 124 valence electrons. The zero-order chi connectivity index (χ0) is 17.2. The van der Waals surface area contributed by atoms with Gasteiger partial charge >= 0.3 is 11.9 Å². The van der Waals surface area contributed by atoms with E-state index in [1.165, 1.54) is 26.4 Å². The van der Waals surface area contributed by atoms with E-state index in [2.05, 4.69) is 9.47 Å². The number of aliphatic hydroxyl groups is 2. The van der Waals surface area contributed by atoms with Gasteiger partial charge in [0.2, 0.25) is 5.76 Å². The highest BCUT2D eigenvalue weighted by atomic mass is 16.5. The first-order valence-electron chi connectivity index (χ1n) is 6.61. The van der Waals surface area contributed by atoms with E-state index < -0.39 is 5.97 Å². The molecule has 1 heterocycles. The molecular weight excluding hydrogens is 304 g/mol. The molecule has 0 saturated heterocycles. The van der Waals surface area contributed by atoms with Crippen LogP contribution < -0.4 is 0 Å². The van der Waals surface area contributed by atoms with Crippen LogP contribution >= 0.6 is 0 Å². The molecule has 0 saturated carbocycles. The molecule has 0 unspecified atom stereocenters. The molecule has 1 aromatic heterocycles. The lowest BCUT2D eigenvalue weighted by Gasteiger charge is -1.99. The van der Waals surface area contributed by atoms with Gasteiger partial charge in [0.15, 0.2) is 0 Å². The lowest BCUT2D eigenvalue weighted by molar-refractivity contribution is 0.0558. The van der Waals surface area contributed by atoms with Crippen LogP contribution in [0.3, 0.4) is 0 Å². The summed E-state index contributed by atoms with van der Waals surface area (Å²) in [4.78, 5) is 21.7. The number of esters is 2. The van der Waals surface area contributed by atoms with E-state index in [1.54, 1.807) is 24.3 Å². The van der Waals surface area contributed by atoms with Gasteiger partial charge in [0.1, 0.15) is 12.4 Å². The van der Waals surface area contributed by atoms with Crippen LogP contribution in [0.1, 0.15) is 32.2 Å². The Hall–Kier alpha value is -2.64. The first-order chi connectivity index (χ1) is 11.0. The third-order valence-corrected chi connectivity index (χ3v) is 2.76. The largest absolute Gasteiger partial charge is 0.465 e. The molecule has 1 aromatic carbocycles. The third kappa shape index (κ3) is 5.57. The molecule has 2 N–H and O–H groups in total. The van der Waals surface area contributed by atoms with Gasteiger partial charge in [0.25, 0.3) is 0 Å². The second kappa shape index (κ2) is 9.39. The van der Waals surface area contributed by atoms with Gasteiger partial charge in [-0.25, -0.2) is 9.59 Å². The third-order valence-electron chi connectivity index (χ3n) is 2.76. The number of carbonyl (C=O) groups is 2. The summed E-state index contributed by atoms with van der Waals surface area (Å²) >= 11 is 0. The van der Waals surface area contributed by atoms with E-state index in [0.717, 1.165) is 5.56 Å². The minimum Gasteiger partial charge on any atom is -0.465 e. The maximum absolute atomic E-state index is 10.9. The van der Waals surface area contributed by atoms with Crippen molar-refractivity contribution in [2.24, 2.45) is 0 Å². The second-order valence-corrected chi connectivity index (χ2v) is 4.26. The second-order valence-electron chi connectivity index (χ2n) is 4.26. The molecule has 0 aliphatic heterocycles. The Bertz CT molecular complexity index is 628. The highest BCUT2D eigenvalue weighted by Crippen LogP contribution is 2.08. The van der Waals surface area contributed by atoms with Gasteiger partial charge in [0.05, 0.1) is 26.4 Å². The Morgan fingerprint density at radius 1 is 0.913 bits per heavy atom. The minimum absolute atomic E-state index is 0.0124. The highest BCUT2D eigenvalue weighted by molar-refractivity contribution is 5.89. The van der Waals surface area contributed by atoms with Gasteiger partial charge in [-0.1, -0.05) is 12.1 Å². The van der Waals surface area contributed by atoms with Crippen molar-refractivity contribution >= 4 is 11.9 Å². The predicted octanol–water partition coefficient (Wildman–Crippen LogP) is 1.52. The summed E-state index contributed by atoms with van der Waals surface area (Å²) in [6.07, 6.45) is 0. The number of hydrogen-bond donors (Lipinski definition) is 2. The molecular formula is C16H18O7. The van der Waals surface area contributed by atoms with Crippen LogP contribution in [0.15, 0.2) is 40.8 Å². The number of methoxy groups -OCH3 is 2.